The second-order valence-electron chi connectivity index (χ2n) is 8.28. The average Bonchev–Trinajstić information content (AvgIpc) is 2.78. The topological polar surface area (TPSA) is 78.7 Å². The van der Waals surface area contributed by atoms with Gasteiger partial charge in [0.15, 0.2) is 0 Å². The maximum absolute atomic E-state index is 13.1. The molecule has 1 unspecified atom stereocenters. The maximum atomic E-state index is 13.1. The molecule has 0 saturated carbocycles. The van der Waals surface area contributed by atoms with Crippen molar-refractivity contribution in [2.24, 2.45) is 11.7 Å². The quantitative estimate of drug-likeness (QED) is 0.744. The summed E-state index contributed by atoms with van der Waals surface area (Å²) in [5.74, 6) is -0.214. The summed E-state index contributed by atoms with van der Waals surface area (Å²) in [7, 11) is 0. The lowest BCUT2D eigenvalue weighted by molar-refractivity contribution is -0.138. The van der Waals surface area contributed by atoms with Crippen LogP contribution in [0.2, 0.25) is 0 Å². The van der Waals surface area contributed by atoms with Crippen LogP contribution < -0.4 is 11.1 Å². The minimum Gasteiger partial charge on any atom is -0.355 e. The molecule has 4 rings (SSSR count). The van der Waals surface area contributed by atoms with Gasteiger partial charge in [0, 0.05) is 37.6 Å². The highest BCUT2D eigenvalue weighted by atomic mass is 19.4. The Morgan fingerprint density at radius 3 is 2.47 bits per heavy atom. The molecular weight excluding hydrogens is 421 g/mol. The molecule has 2 aliphatic heterocycles. The summed E-state index contributed by atoms with van der Waals surface area (Å²) in [6, 6.07) is 10.2. The number of primary amides is 1. The van der Waals surface area contributed by atoms with E-state index in [-0.39, 0.29) is 11.8 Å². The number of carbonyl (C=O) groups is 2. The molecule has 2 aliphatic rings. The number of urea groups is 1. The smallest absolute Gasteiger partial charge is 0.355 e. The molecule has 0 radical (unpaired) electrons. The molecule has 3 N–H and O–H groups in total. The highest BCUT2D eigenvalue weighted by Crippen LogP contribution is 2.33. The minimum absolute atomic E-state index is 0.0303. The monoisotopic (exact) mass is 446 g/mol. The van der Waals surface area contributed by atoms with Crippen LogP contribution in [0.1, 0.15) is 29.5 Å². The minimum atomic E-state index is -4.37. The van der Waals surface area contributed by atoms with Crippen molar-refractivity contribution in [3.63, 3.8) is 0 Å². The number of rotatable bonds is 3. The van der Waals surface area contributed by atoms with E-state index >= 15 is 0 Å². The molecule has 0 bridgehead atoms. The summed E-state index contributed by atoms with van der Waals surface area (Å²) in [6.07, 6.45) is -2.24. The second kappa shape index (κ2) is 8.72. The Balaban J connectivity index is 1.45. The molecule has 3 amide bonds. The number of anilines is 2. The third kappa shape index (κ3) is 4.66. The first-order chi connectivity index (χ1) is 15.2. The van der Waals surface area contributed by atoms with Crippen molar-refractivity contribution >= 4 is 23.3 Å². The van der Waals surface area contributed by atoms with Crippen LogP contribution in [0.3, 0.4) is 0 Å². The van der Waals surface area contributed by atoms with Gasteiger partial charge in [0.2, 0.25) is 5.91 Å². The third-order valence-electron chi connectivity index (χ3n) is 6.15. The van der Waals surface area contributed by atoms with E-state index in [4.69, 9.17) is 5.73 Å². The SMILES string of the molecule is NC(=O)N1CCCC(C(=O)N2CCc3c(cccc3Nc3ccc(C(F)(F)F)cc3)C2)C1. The molecule has 1 atom stereocenters. The zero-order chi connectivity index (χ0) is 22.9. The van der Waals surface area contributed by atoms with Crippen LogP contribution in [0.4, 0.5) is 29.3 Å². The van der Waals surface area contributed by atoms with Crippen molar-refractivity contribution in [2.75, 3.05) is 25.0 Å². The number of alkyl halides is 3. The first-order valence-electron chi connectivity index (χ1n) is 10.6. The van der Waals surface area contributed by atoms with Gasteiger partial charge in [0.1, 0.15) is 0 Å². The van der Waals surface area contributed by atoms with Crippen LogP contribution in [-0.4, -0.2) is 41.4 Å². The Morgan fingerprint density at radius 2 is 1.78 bits per heavy atom. The number of hydrogen-bond acceptors (Lipinski definition) is 3. The first-order valence-corrected chi connectivity index (χ1v) is 10.6. The molecule has 2 aromatic rings. The van der Waals surface area contributed by atoms with Gasteiger partial charge in [-0.25, -0.2) is 4.79 Å². The Morgan fingerprint density at radius 1 is 1.03 bits per heavy atom. The largest absolute Gasteiger partial charge is 0.416 e. The van der Waals surface area contributed by atoms with Gasteiger partial charge in [-0.15, -0.1) is 0 Å². The summed E-state index contributed by atoms with van der Waals surface area (Å²) in [5, 5.41) is 3.21. The summed E-state index contributed by atoms with van der Waals surface area (Å²) in [4.78, 5) is 27.9. The number of likely N-dealkylation sites (tertiary alicyclic amines) is 1. The molecule has 2 aromatic carbocycles. The highest BCUT2D eigenvalue weighted by molar-refractivity contribution is 5.81. The van der Waals surface area contributed by atoms with Crippen LogP contribution in [0.5, 0.6) is 0 Å². The number of carbonyl (C=O) groups excluding carboxylic acids is 2. The fourth-order valence-corrected chi connectivity index (χ4v) is 4.45. The summed E-state index contributed by atoms with van der Waals surface area (Å²) < 4.78 is 38.4. The van der Waals surface area contributed by atoms with Crippen LogP contribution in [0.15, 0.2) is 42.5 Å². The Kier molecular flexibility index (Phi) is 5.99. The number of piperidine rings is 1. The van der Waals surface area contributed by atoms with Crippen molar-refractivity contribution in [3.8, 4) is 0 Å². The van der Waals surface area contributed by atoms with E-state index in [1.807, 2.05) is 23.1 Å². The van der Waals surface area contributed by atoms with Crippen molar-refractivity contribution in [3.05, 3.63) is 59.2 Å². The standard InChI is InChI=1S/C23H25F3N4O2/c24-23(25,26)17-6-8-18(9-7-17)28-20-5-1-3-15-13-29(12-10-19(15)20)21(31)16-4-2-11-30(14-16)22(27)32/h1,3,5-9,16,28H,2,4,10-14H2,(H2,27,32). The lowest BCUT2D eigenvalue weighted by Crippen LogP contribution is -2.49. The highest BCUT2D eigenvalue weighted by Gasteiger charge is 2.33. The van der Waals surface area contributed by atoms with Crippen molar-refractivity contribution in [1.82, 2.24) is 9.80 Å². The predicted octanol–water partition coefficient (Wildman–Crippen LogP) is 4.12. The lowest BCUT2D eigenvalue weighted by Gasteiger charge is -2.36. The molecule has 1 saturated heterocycles. The van der Waals surface area contributed by atoms with E-state index in [1.54, 1.807) is 0 Å². The number of fused-ring (bicyclic) bond motifs is 1. The number of hydrogen-bond donors (Lipinski definition) is 2. The number of halogens is 3. The summed E-state index contributed by atoms with van der Waals surface area (Å²) >= 11 is 0. The van der Waals surface area contributed by atoms with Gasteiger partial charge in [-0.05, 0) is 60.7 Å². The average molecular weight is 446 g/mol. The van der Waals surface area contributed by atoms with Gasteiger partial charge in [-0.1, -0.05) is 12.1 Å². The van der Waals surface area contributed by atoms with Crippen LogP contribution >= 0.6 is 0 Å². The molecule has 2 heterocycles. The van der Waals surface area contributed by atoms with Crippen molar-refractivity contribution in [2.45, 2.75) is 32.0 Å². The predicted molar refractivity (Wildman–Crippen MR) is 114 cm³/mol. The maximum Gasteiger partial charge on any atom is 0.416 e. The van der Waals surface area contributed by atoms with Gasteiger partial charge in [0.25, 0.3) is 0 Å². The summed E-state index contributed by atoms with van der Waals surface area (Å²) in [5.41, 5.74) is 8.14. The van der Waals surface area contributed by atoms with Gasteiger partial charge in [-0.3, -0.25) is 4.79 Å². The molecule has 0 aliphatic carbocycles. The van der Waals surface area contributed by atoms with E-state index < -0.39 is 17.8 Å². The van der Waals surface area contributed by atoms with E-state index in [2.05, 4.69) is 5.32 Å². The molecule has 1 fully saturated rings. The first kappa shape index (κ1) is 22.0. The normalized spacial score (nSPS) is 18.8. The zero-order valence-corrected chi connectivity index (χ0v) is 17.5. The van der Waals surface area contributed by atoms with Crippen molar-refractivity contribution in [1.29, 1.82) is 0 Å². The van der Waals surface area contributed by atoms with E-state index in [0.717, 1.165) is 41.8 Å². The molecule has 6 nitrogen and oxygen atoms in total. The Hall–Kier alpha value is -3.23. The van der Waals surface area contributed by atoms with Crippen LogP contribution in [0.25, 0.3) is 0 Å². The fraction of sp³-hybridized carbons (Fsp3) is 0.391. The molecule has 32 heavy (non-hydrogen) atoms. The number of nitrogens with one attached hydrogen (secondary N) is 1. The number of nitrogens with zero attached hydrogens (tertiary/aromatic N) is 2. The van der Waals surface area contributed by atoms with Gasteiger partial charge < -0.3 is 20.9 Å². The van der Waals surface area contributed by atoms with Gasteiger partial charge in [0.05, 0.1) is 11.5 Å². The third-order valence-corrected chi connectivity index (χ3v) is 6.15. The second-order valence-corrected chi connectivity index (χ2v) is 8.28. The molecule has 9 heteroatoms. The van der Waals surface area contributed by atoms with Crippen LogP contribution in [-0.2, 0) is 23.9 Å². The zero-order valence-electron chi connectivity index (χ0n) is 17.5. The number of amides is 3. The number of nitrogens with two attached hydrogens (primary N) is 1. The van der Waals surface area contributed by atoms with E-state index in [9.17, 15) is 22.8 Å². The molecule has 0 spiro atoms. The van der Waals surface area contributed by atoms with Crippen LogP contribution in [0, 0.1) is 5.92 Å². The van der Waals surface area contributed by atoms with Gasteiger partial charge in [-0.2, -0.15) is 13.2 Å². The Labute approximate surface area is 184 Å². The summed E-state index contributed by atoms with van der Waals surface area (Å²) in [6.45, 7) is 1.95. The van der Waals surface area contributed by atoms with Crippen molar-refractivity contribution < 1.29 is 22.8 Å². The van der Waals surface area contributed by atoms with Gasteiger partial charge >= 0.3 is 12.2 Å². The molecular formula is C23H25F3N4O2. The Bertz CT molecular complexity index is 1010. The molecule has 0 aromatic heterocycles. The van der Waals surface area contributed by atoms with E-state index in [0.29, 0.717) is 38.3 Å². The molecule has 170 valence electrons. The van der Waals surface area contributed by atoms with E-state index in [1.165, 1.54) is 17.0 Å². The lowest BCUT2D eigenvalue weighted by atomic mass is 9.93. The fourth-order valence-electron chi connectivity index (χ4n) is 4.45. The number of benzene rings is 2.